The first-order chi connectivity index (χ1) is 10.4. The molecular weight excluding hydrogens is 298 g/mol. The van der Waals surface area contributed by atoms with E-state index >= 15 is 0 Å². The van der Waals surface area contributed by atoms with Crippen molar-refractivity contribution in [3.63, 3.8) is 0 Å². The molecule has 0 heterocycles. The monoisotopic (exact) mass is 315 g/mol. The van der Waals surface area contributed by atoms with Crippen LogP contribution in [0.25, 0.3) is 0 Å². The van der Waals surface area contributed by atoms with E-state index in [1.165, 1.54) is 24.0 Å². The fourth-order valence-electron chi connectivity index (χ4n) is 1.91. The average molecular weight is 315 g/mol. The lowest BCUT2D eigenvalue weighted by Crippen LogP contribution is -2.24. The van der Waals surface area contributed by atoms with Gasteiger partial charge >= 0.3 is 0 Å². The Morgan fingerprint density at radius 2 is 1.45 bits per heavy atom. The van der Waals surface area contributed by atoms with Crippen LogP contribution in [-0.4, -0.2) is 21.4 Å². The van der Waals surface area contributed by atoms with E-state index in [-0.39, 0.29) is 15.7 Å². The maximum absolute atomic E-state index is 12.4. The number of carbonyl (C=O) groups excluding carboxylic acids is 1. The lowest BCUT2D eigenvalue weighted by Gasteiger charge is -2.15. The van der Waals surface area contributed by atoms with Gasteiger partial charge in [-0.2, -0.15) is 0 Å². The Morgan fingerprint density at radius 1 is 0.955 bits per heavy atom. The van der Waals surface area contributed by atoms with Gasteiger partial charge in [-0.3, -0.25) is 4.79 Å². The van der Waals surface area contributed by atoms with Crippen molar-refractivity contribution in [1.29, 1.82) is 0 Å². The third-order valence-electron chi connectivity index (χ3n) is 3.28. The summed E-state index contributed by atoms with van der Waals surface area (Å²) in [6.07, 6.45) is 1.15. The smallest absolute Gasteiger partial charge is 0.251 e. The predicted molar refractivity (Wildman–Crippen MR) is 87.2 cm³/mol. The first-order valence-corrected chi connectivity index (χ1v) is 8.22. The SMILES string of the molecule is C/C(=C\C(=O)N(C)c1ccccc1)S(=O)(=O)c1ccccc1. The van der Waals surface area contributed by atoms with E-state index in [1.807, 2.05) is 18.2 Å². The Balaban J connectivity index is 2.27. The van der Waals surface area contributed by atoms with Crippen LogP contribution in [0.3, 0.4) is 0 Å². The summed E-state index contributed by atoms with van der Waals surface area (Å²) in [7, 11) is -2.03. The van der Waals surface area contributed by atoms with E-state index in [2.05, 4.69) is 0 Å². The quantitative estimate of drug-likeness (QED) is 0.815. The topological polar surface area (TPSA) is 54.5 Å². The number of nitrogens with zero attached hydrogens (tertiary/aromatic N) is 1. The minimum atomic E-state index is -3.64. The normalized spacial score (nSPS) is 12.0. The molecule has 1 amide bonds. The third-order valence-corrected chi connectivity index (χ3v) is 5.14. The van der Waals surface area contributed by atoms with Crippen LogP contribution < -0.4 is 4.90 Å². The van der Waals surface area contributed by atoms with Crippen LogP contribution in [0, 0.1) is 0 Å². The zero-order chi connectivity index (χ0) is 16.2. The Labute approximate surface area is 130 Å². The molecule has 0 fully saturated rings. The molecule has 0 radical (unpaired) electrons. The molecule has 5 heteroatoms. The van der Waals surface area contributed by atoms with Gasteiger partial charge in [0, 0.05) is 18.8 Å². The molecule has 0 atom stereocenters. The molecule has 0 aliphatic carbocycles. The predicted octanol–water partition coefficient (Wildman–Crippen LogP) is 3.03. The van der Waals surface area contributed by atoms with Crippen molar-refractivity contribution in [2.75, 3.05) is 11.9 Å². The number of allylic oxidation sites excluding steroid dienone is 1. The van der Waals surface area contributed by atoms with Crippen molar-refractivity contribution in [3.05, 3.63) is 71.6 Å². The Kier molecular flexibility index (Phi) is 4.78. The highest BCUT2D eigenvalue weighted by molar-refractivity contribution is 7.95. The summed E-state index contributed by atoms with van der Waals surface area (Å²) in [6, 6.07) is 17.1. The van der Waals surface area contributed by atoms with E-state index in [4.69, 9.17) is 0 Å². The van der Waals surface area contributed by atoms with Gasteiger partial charge < -0.3 is 4.90 Å². The fraction of sp³-hybridized carbons (Fsp3) is 0.118. The molecule has 0 aliphatic rings. The number of amides is 1. The molecule has 2 rings (SSSR count). The molecule has 0 saturated carbocycles. The van der Waals surface area contributed by atoms with Gasteiger partial charge in [-0.15, -0.1) is 0 Å². The zero-order valence-electron chi connectivity index (χ0n) is 12.4. The number of anilines is 1. The minimum absolute atomic E-state index is 0.0199. The highest BCUT2D eigenvalue weighted by atomic mass is 32.2. The van der Waals surface area contributed by atoms with Gasteiger partial charge in [0.1, 0.15) is 0 Å². The number of hydrogen-bond acceptors (Lipinski definition) is 3. The van der Waals surface area contributed by atoms with Gasteiger partial charge in [-0.1, -0.05) is 36.4 Å². The fourth-order valence-corrected chi connectivity index (χ4v) is 3.06. The molecule has 0 unspecified atom stereocenters. The molecule has 2 aromatic carbocycles. The van der Waals surface area contributed by atoms with Crippen LogP contribution >= 0.6 is 0 Å². The molecule has 22 heavy (non-hydrogen) atoms. The first-order valence-electron chi connectivity index (χ1n) is 6.74. The Bertz CT molecular complexity index is 781. The van der Waals surface area contributed by atoms with E-state index in [9.17, 15) is 13.2 Å². The summed E-state index contributed by atoms with van der Waals surface area (Å²) in [5.74, 6) is -0.386. The summed E-state index contributed by atoms with van der Waals surface area (Å²) >= 11 is 0. The third kappa shape index (κ3) is 3.43. The van der Waals surface area contributed by atoms with E-state index in [0.29, 0.717) is 5.69 Å². The summed E-state index contributed by atoms with van der Waals surface area (Å²) < 4.78 is 24.8. The molecule has 0 spiro atoms. The van der Waals surface area contributed by atoms with Crippen molar-refractivity contribution < 1.29 is 13.2 Å². The Hall–Kier alpha value is -2.40. The van der Waals surface area contributed by atoms with Crippen LogP contribution in [-0.2, 0) is 14.6 Å². The van der Waals surface area contributed by atoms with Crippen molar-refractivity contribution >= 4 is 21.4 Å². The lowest BCUT2D eigenvalue weighted by atomic mass is 10.3. The number of likely N-dealkylation sites (N-methyl/N-ethyl adjacent to an activating group) is 1. The maximum atomic E-state index is 12.4. The van der Waals surface area contributed by atoms with E-state index in [0.717, 1.165) is 6.08 Å². The standard InChI is InChI=1S/C17H17NO3S/c1-14(22(20,21)16-11-7-4-8-12-16)13-17(19)18(2)15-9-5-3-6-10-15/h3-13H,1-2H3/b14-13+. The van der Waals surface area contributed by atoms with Gasteiger partial charge in [0.25, 0.3) is 5.91 Å². The first kappa shape index (κ1) is 16.0. The van der Waals surface area contributed by atoms with Crippen molar-refractivity contribution in [2.24, 2.45) is 0 Å². The summed E-state index contributed by atoms with van der Waals surface area (Å²) in [5.41, 5.74) is 0.702. The largest absolute Gasteiger partial charge is 0.312 e. The van der Waals surface area contributed by atoms with Crippen LogP contribution in [0.1, 0.15) is 6.92 Å². The summed E-state index contributed by atoms with van der Waals surface area (Å²) in [6.45, 7) is 1.43. The van der Waals surface area contributed by atoms with Gasteiger partial charge in [-0.05, 0) is 31.2 Å². The number of benzene rings is 2. The second-order valence-corrected chi connectivity index (χ2v) is 6.93. The van der Waals surface area contributed by atoms with Gasteiger partial charge in [0.2, 0.25) is 9.84 Å². The summed E-state index contributed by atoms with van der Waals surface area (Å²) in [4.78, 5) is 13.8. The molecule has 114 valence electrons. The second kappa shape index (κ2) is 6.58. The van der Waals surface area contributed by atoms with Crippen molar-refractivity contribution in [3.8, 4) is 0 Å². The number of rotatable bonds is 4. The second-order valence-electron chi connectivity index (χ2n) is 4.80. The van der Waals surface area contributed by atoms with Crippen molar-refractivity contribution in [1.82, 2.24) is 0 Å². The molecule has 0 aliphatic heterocycles. The van der Waals surface area contributed by atoms with Crippen LogP contribution in [0.4, 0.5) is 5.69 Å². The molecule has 0 N–H and O–H groups in total. The van der Waals surface area contributed by atoms with Crippen molar-refractivity contribution in [2.45, 2.75) is 11.8 Å². The minimum Gasteiger partial charge on any atom is -0.312 e. The van der Waals surface area contributed by atoms with Gasteiger partial charge in [0.05, 0.1) is 9.80 Å². The van der Waals surface area contributed by atoms with E-state index < -0.39 is 9.84 Å². The zero-order valence-corrected chi connectivity index (χ0v) is 13.2. The lowest BCUT2D eigenvalue weighted by molar-refractivity contribution is -0.113. The highest BCUT2D eigenvalue weighted by Crippen LogP contribution is 2.19. The number of para-hydroxylation sites is 1. The van der Waals surface area contributed by atoms with Gasteiger partial charge in [-0.25, -0.2) is 8.42 Å². The maximum Gasteiger partial charge on any atom is 0.251 e. The number of hydrogen-bond donors (Lipinski definition) is 0. The number of carbonyl (C=O) groups is 1. The molecule has 2 aromatic rings. The van der Waals surface area contributed by atoms with E-state index in [1.54, 1.807) is 37.4 Å². The highest BCUT2D eigenvalue weighted by Gasteiger charge is 2.18. The number of sulfone groups is 1. The summed E-state index contributed by atoms with van der Waals surface area (Å²) in [5, 5.41) is 0. The molecule has 0 aromatic heterocycles. The van der Waals surface area contributed by atoms with Gasteiger partial charge in [0.15, 0.2) is 0 Å². The molecular formula is C17H17NO3S. The van der Waals surface area contributed by atoms with Crippen LogP contribution in [0.5, 0.6) is 0 Å². The Morgan fingerprint density at radius 3 is 2.00 bits per heavy atom. The molecule has 0 saturated heterocycles. The molecule has 4 nitrogen and oxygen atoms in total. The molecule has 0 bridgehead atoms. The van der Waals surface area contributed by atoms with Crippen LogP contribution in [0.2, 0.25) is 0 Å². The average Bonchev–Trinajstić information content (AvgIpc) is 2.55. The van der Waals surface area contributed by atoms with Crippen LogP contribution in [0.15, 0.2) is 76.5 Å².